The Morgan fingerprint density at radius 1 is 1.18 bits per heavy atom. The van der Waals surface area contributed by atoms with Gasteiger partial charge in [-0.2, -0.15) is 10.1 Å². The number of ether oxygens (including phenoxy) is 2. The number of carbonyl (C=O) groups is 1. The smallest absolute Gasteiger partial charge is 0.221 e. The number of hydrogen-bond donors (Lipinski definition) is 2. The lowest BCUT2D eigenvalue weighted by atomic mass is 10.00. The zero-order chi connectivity index (χ0) is 23.4. The van der Waals surface area contributed by atoms with E-state index in [0.29, 0.717) is 35.6 Å². The number of methoxy groups -OCH3 is 2. The monoisotopic (exact) mass is 444 g/mol. The van der Waals surface area contributed by atoms with Crippen LogP contribution in [-0.2, 0) is 13.0 Å². The second kappa shape index (κ2) is 9.39. The molecule has 1 aliphatic rings. The number of carbonyl (C=O) groups excluding carboxylic acids is 1. The minimum Gasteiger partial charge on any atom is -0.493 e. The predicted octanol–water partition coefficient (Wildman–Crippen LogP) is 2.80. The van der Waals surface area contributed by atoms with Gasteiger partial charge in [-0.25, -0.2) is 4.98 Å². The topological polar surface area (TPSA) is 129 Å². The maximum Gasteiger partial charge on any atom is 0.221 e. The Labute approximate surface area is 191 Å². The highest BCUT2D eigenvalue weighted by Crippen LogP contribution is 2.34. The van der Waals surface area contributed by atoms with Crippen molar-refractivity contribution >= 4 is 23.8 Å². The highest BCUT2D eigenvalue weighted by molar-refractivity contribution is 6.07. The number of ketones is 1. The fourth-order valence-corrected chi connectivity index (χ4v) is 3.59. The molecule has 4 rings (SSSR count). The van der Waals surface area contributed by atoms with Crippen molar-refractivity contribution in [2.75, 3.05) is 25.7 Å². The molecule has 4 N–H and O–H groups in total. The standard InChI is InChI=1S/C24H24N6O3/c1-32-21-11-15(9-18-12-27-24(26)29-23(18)25)10-19(22(21)33-2)20(31)7-8-30-14-17-6-4-3-5-16(17)13-28-30/h3-8,10-13H,9,14H2,1-2H3,(H4,25,26,27,29)/b8-7+. The van der Waals surface area contributed by atoms with Crippen LogP contribution in [0.2, 0.25) is 0 Å². The predicted molar refractivity (Wildman–Crippen MR) is 126 cm³/mol. The molecule has 33 heavy (non-hydrogen) atoms. The summed E-state index contributed by atoms with van der Waals surface area (Å²) in [4.78, 5) is 21.1. The quantitative estimate of drug-likeness (QED) is 0.420. The summed E-state index contributed by atoms with van der Waals surface area (Å²) < 4.78 is 11.0. The third-order valence-electron chi connectivity index (χ3n) is 5.25. The first-order valence-electron chi connectivity index (χ1n) is 10.2. The van der Waals surface area contributed by atoms with Gasteiger partial charge in [0.25, 0.3) is 0 Å². The summed E-state index contributed by atoms with van der Waals surface area (Å²) in [6.45, 7) is 0.577. The number of benzene rings is 2. The average molecular weight is 444 g/mol. The van der Waals surface area contributed by atoms with E-state index in [4.69, 9.17) is 20.9 Å². The van der Waals surface area contributed by atoms with E-state index in [1.165, 1.54) is 20.3 Å². The van der Waals surface area contributed by atoms with Gasteiger partial charge in [0.1, 0.15) is 5.82 Å². The van der Waals surface area contributed by atoms with E-state index in [0.717, 1.165) is 16.7 Å². The Bertz CT molecular complexity index is 1250. The van der Waals surface area contributed by atoms with E-state index in [1.54, 1.807) is 35.8 Å². The molecule has 168 valence electrons. The summed E-state index contributed by atoms with van der Waals surface area (Å²) in [5, 5.41) is 6.09. The maximum atomic E-state index is 13.1. The first-order chi connectivity index (χ1) is 16.0. The van der Waals surface area contributed by atoms with Gasteiger partial charge in [-0.15, -0.1) is 0 Å². The molecular weight excluding hydrogens is 420 g/mol. The minimum absolute atomic E-state index is 0.104. The lowest BCUT2D eigenvalue weighted by molar-refractivity contribution is 0.104. The molecule has 0 spiro atoms. The van der Waals surface area contributed by atoms with Crippen molar-refractivity contribution in [2.24, 2.45) is 5.10 Å². The van der Waals surface area contributed by atoms with Crippen molar-refractivity contribution in [3.63, 3.8) is 0 Å². The molecule has 3 aromatic rings. The molecular formula is C24H24N6O3. The summed E-state index contributed by atoms with van der Waals surface area (Å²) in [5.41, 5.74) is 15.6. The van der Waals surface area contributed by atoms with Crippen molar-refractivity contribution in [2.45, 2.75) is 13.0 Å². The average Bonchev–Trinajstić information content (AvgIpc) is 2.83. The van der Waals surface area contributed by atoms with Crippen LogP contribution in [0, 0.1) is 0 Å². The van der Waals surface area contributed by atoms with E-state index in [-0.39, 0.29) is 17.5 Å². The number of nitrogens with two attached hydrogens (primary N) is 2. The van der Waals surface area contributed by atoms with Gasteiger partial charge in [0.15, 0.2) is 17.3 Å². The SMILES string of the molecule is COc1cc(Cc2cnc(N)nc2N)cc(C(=O)/C=C/N2Cc3ccccc3C=N2)c1OC. The third-order valence-corrected chi connectivity index (χ3v) is 5.25. The largest absolute Gasteiger partial charge is 0.493 e. The number of aromatic nitrogens is 2. The van der Waals surface area contributed by atoms with E-state index >= 15 is 0 Å². The summed E-state index contributed by atoms with van der Waals surface area (Å²) in [6, 6.07) is 11.5. The Morgan fingerprint density at radius 3 is 2.76 bits per heavy atom. The third kappa shape index (κ3) is 4.77. The van der Waals surface area contributed by atoms with Crippen LogP contribution in [-0.4, -0.2) is 41.2 Å². The van der Waals surface area contributed by atoms with Gasteiger partial charge in [0.2, 0.25) is 5.95 Å². The normalized spacial score (nSPS) is 12.6. The van der Waals surface area contributed by atoms with Gasteiger partial charge in [0, 0.05) is 30.5 Å². The molecule has 2 aromatic carbocycles. The van der Waals surface area contributed by atoms with Crippen molar-refractivity contribution in [1.82, 2.24) is 15.0 Å². The molecule has 0 amide bonds. The number of hydrogen-bond acceptors (Lipinski definition) is 9. The van der Waals surface area contributed by atoms with Crippen molar-refractivity contribution < 1.29 is 14.3 Å². The van der Waals surface area contributed by atoms with Gasteiger partial charge in [-0.1, -0.05) is 24.3 Å². The number of nitrogens with zero attached hydrogens (tertiary/aromatic N) is 4. The van der Waals surface area contributed by atoms with Crippen molar-refractivity contribution in [3.05, 3.63) is 82.7 Å². The molecule has 0 aliphatic carbocycles. The lowest BCUT2D eigenvalue weighted by Crippen LogP contribution is -2.16. The van der Waals surface area contributed by atoms with Gasteiger partial charge < -0.3 is 20.9 Å². The summed E-state index contributed by atoms with van der Waals surface area (Å²) in [5.74, 6) is 0.931. The van der Waals surface area contributed by atoms with E-state index < -0.39 is 0 Å². The van der Waals surface area contributed by atoms with Crippen molar-refractivity contribution in [1.29, 1.82) is 0 Å². The Morgan fingerprint density at radius 2 is 2.00 bits per heavy atom. The fraction of sp³-hybridized carbons (Fsp3) is 0.167. The van der Waals surface area contributed by atoms with Crippen LogP contribution < -0.4 is 20.9 Å². The van der Waals surface area contributed by atoms with E-state index in [2.05, 4.69) is 15.1 Å². The first kappa shape index (κ1) is 21.8. The molecule has 1 aromatic heterocycles. The Balaban J connectivity index is 1.61. The number of rotatable bonds is 7. The van der Waals surface area contributed by atoms with Crippen LogP contribution in [0.15, 0.2) is 60.0 Å². The molecule has 0 unspecified atom stereocenters. The van der Waals surface area contributed by atoms with Gasteiger partial charge >= 0.3 is 0 Å². The number of hydrazone groups is 1. The maximum absolute atomic E-state index is 13.1. The lowest BCUT2D eigenvalue weighted by Gasteiger charge is -2.20. The van der Waals surface area contributed by atoms with Gasteiger partial charge in [0.05, 0.1) is 32.5 Å². The van der Waals surface area contributed by atoms with E-state index in [1.807, 2.05) is 24.3 Å². The van der Waals surface area contributed by atoms with Crippen LogP contribution in [0.3, 0.4) is 0 Å². The van der Waals surface area contributed by atoms with Gasteiger partial charge in [-0.3, -0.25) is 9.80 Å². The zero-order valence-corrected chi connectivity index (χ0v) is 18.4. The number of nitrogen functional groups attached to an aromatic ring is 2. The highest BCUT2D eigenvalue weighted by Gasteiger charge is 2.18. The Hall–Kier alpha value is -4.40. The van der Waals surface area contributed by atoms with Crippen LogP contribution in [0.25, 0.3) is 0 Å². The minimum atomic E-state index is -0.248. The highest BCUT2D eigenvalue weighted by atomic mass is 16.5. The molecule has 0 bridgehead atoms. The molecule has 0 atom stereocenters. The number of fused-ring (bicyclic) bond motifs is 1. The van der Waals surface area contributed by atoms with Crippen LogP contribution in [0.1, 0.15) is 32.6 Å². The molecule has 0 saturated heterocycles. The van der Waals surface area contributed by atoms with E-state index in [9.17, 15) is 4.79 Å². The molecule has 0 fully saturated rings. The molecule has 9 nitrogen and oxygen atoms in total. The van der Waals surface area contributed by atoms with Crippen LogP contribution in [0.5, 0.6) is 11.5 Å². The molecule has 9 heteroatoms. The summed E-state index contributed by atoms with van der Waals surface area (Å²) >= 11 is 0. The van der Waals surface area contributed by atoms with Gasteiger partial charge in [-0.05, 0) is 28.8 Å². The zero-order valence-electron chi connectivity index (χ0n) is 18.4. The second-order valence-electron chi connectivity index (χ2n) is 7.42. The van der Waals surface area contributed by atoms with Crippen molar-refractivity contribution in [3.8, 4) is 11.5 Å². The van der Waals surface area contributed by atoms with Crippen LogP contribution >= 0.6 is 0 Å². The molecule has 0 radical (unpaired) electrons. The summed E-state index contributed by atoms with van der Waals surface area (Å²) in [6.07, 6.45) is 6.86. The molecule has 1 aliphatic heterocycles. The molecule has 0 saturated carbocycles. The first-order valence-corrected chi connectivity index (χ1v) is 10.2. The number of anilines is 2. The summed E-state index contributed by atoms with van der Waals surface area (Å²) in [7, 11) is 3.02. The second-order valence-corrected chi connectivity index (χ2v) is 7.42. The van der Waals surface area contributed by atoms with Crippen LogP contribution in [0.4, 0.5) is 11.8 Å². The number of allylic oxidation sites excluding steroid dienone is 1. The fourth-order valence-electron chi connectivity index (χ4n) is 3.59. The Kier molecular flexibility index (Phi) is 6.21. The molecule has 2 heterocycles.